The van der Waals surface area contributed by atoms with E-state index in [0.29, 0.717) is 0 Å². The van der Waals surface area contributed by atoms with Gasteiger partial charge in [-0.25, -0.2) is 9.13 Å². The summed E-state index contributed by atoms with van der Waals surface area (Å²) in [7, 11) is -7.28. The third-order valence-corrected chi connectivity index (χ3v) is 5.28. The zero-order chi connectivity index (χ0) is 8.41. The average Bonchev–Trinajstić information content (AvgIpc) is 1.88. The summed E-state index contributed by atoms with van der Waals surface area (Å²) in [5.74, 6) is 0. The van der Waals surface area contributed by atoms with Crippen molar-refractivity contribution in [1.82, 2.24) is 0 Å². The first kappa shape index (κ1) is 10.3. The average molecular weight is 190 g/mol. The molecule has 62 valence electrons. The van der Waals surface area contributed by atoms with Crippen molar-refractivity contribution in [2.45, 2.75) is 0 Å². The van der Waals surface area contributed by atoms with Crippen LogP contribution < -0.4 is 0 Å². The van der Waals surface area contributed by atoms with E-state index in [0.717, 1.165) is 14.2 Å². The van der Waals surface area contributed by atoms with Crippen LogP contribution in [0, 0.1) is 0 Å². The minimum atomic E-state index is -4.49. The van der Waals surface area contributed by atoms with Crippen molar-refractivity contribution in [2.75, 3.05) is 14.2 Å². The molecule has 0 bridgehead atoms. The second-order valence-electron chi connectivity index (χ2n) is 1.35. The SMILES string of the molecule is COP(=O)(O)P(=O)(O)OC. The predicted octanol–water partition coefficient (Wildman–Crippen LogP) is 0.565. The fraction of sp³-hybridized carbons (Fsp3) is 1.00. The highest BCUT2D eigenvalue weighted by Crippen LogP contribution is 2.77. The van der Waals surface area contributed by atoms with Gasteiger partial charge in [-0.3, -0.25) is 0 Å². The fourth-order valence-corrected chi connectivity index (χ4v) is 1.86. The van der Waals surface area contributed by atoms with Crippen molar-refractivity contribution >= 4 is 14.6 Å². The van der Waals surface area contributed by atoms with E-state index in [1.807, 2.05) is 0 Å². The largest absolute Gasteiger partial charge is 0.438 e. The molecule has 0 rings (SSSR count). The highest BCUT2D eigenvalue weighted by atomic mass is 32.1. The second kappa shape index (κ2) is 3.13. The first-order chi connectivity index (χ1) is 4.37. The van der Waals surface area contributed by atoms with Crippen LogP contribution in [0.15, 0.2) is 0 Å². The van der Waals surface area contributed by atoms with Crippen molar-refractivity contribution < 1.29 is 28.0 Å². The summed E-state index contributed by atoms with van der Waals surface area (Å²) in [5, 5.41) is 0. The van der Waals surface area contributed by atoms with Gasteiger partial charge in [-0.1, -0.05) is 0 Å². The van der Waals surface area contributed by atoms with Gasteiger partial charge in [-0.2, -0.15) is 0 Å². The predicted molar refractivity (Wildman–Crippen MR) is 33.7 cm³/mol. The van der Waals surface area contributed by atoms with Crippen molar-refractivity contribution in [2.24, 2.45) is 0 Å². The molecule has 0 saturated carbocycles. The smallest absolute Gasteiger partial charge is 0.316 e. The molecule has 0 aromatic heterocycles. The molecule has 8 heteroatoms. The number of hydrogen-bond acceptors (Lipinski definition) is 4. The molecule has 0 fully saturated rings. The molecule has 0 heterocycles. The molecule has 0 radical (unpaired) electrons. The van der Waals surface area contributed by atoms with Gasteiger partial charge in [0.15, 0.2) is 0 Å². The van der Waals surface area contributed by atoms with Crippen LogP contribution in [0.1, 0.15) is 0 Å². The topological polar surface area (TPSA) is 93.1 Å². The number of rotatable bonds is 3. The van der Waals surface area contributed by atoms with E-state index in [-0.39, 0.29) is 0 Å². The van der Waals surface area contributed by atoms with E-state index in [1.54, 1.807) is 0 Å². The van der Waals surface area contributed by atoms with Crippen LogP contribution >= 0.6 is 14.6 Å². The molecule has 2 N–H and O–H groups in total. The van der Waals surface area contributed by atoms with E-state index >= 15 is 0 Å². The number of hydrogen-bond donors (Lipinski definition) is 2. The maximum Gasteiger partial charge on any atom is 0.438 e. The van der Waals surface area contributed by atoms with E-state index in [2.05, 4.69) is 9.05 Å². The van der Waals surface area contributed by atoms with Crippen molar-refractivity contribution in [3.63, 3.8) is 0 Å². The standard InChI is InChI=1S/C2H8O6P2/c1-7-9(3,4)10(5,6)8-2/h1-2H3,(H,3,4)(H,5,6). The third kappa shape index (κ3) is 1.89. The molecular weight excluding hydrogens is 182 g/mol. The van der Waals surface area contributed by atoms with E-state index < -0.39 is 14.6 Å². The van der Waals surface area contributed by atoms with Crippen LogP contribution in [-0.2, 0) is 18.2 Å². The minimum Gasteiger partial charge on any atom is -0.316 e. The fourth-order valence-electron chi connectivity index (χ4n) is 0.206. The molecular formula is C2H8O6P2. The Kier molecular flexibility index (Phi) is 3.23. The molecule has 0 aliphatic carbocycles. The van der Waals surface area contributed by atoms with Crippen LogP contribution in [0.3, 0.4) is 0 Å². The van der Waals surface area contributed by atoms with Gasteiger partial charge < -0.3 is 18.8 Å². The van der Waals surface area contributed by atoms with Gasteiger partial charge in [0.05, 0.1) is 0 Å². The molecule has 0 spiro atoms. The van der Waals surface area contributed by atoms with Crippen LogP contribution in [0.5, 0.6) is 0 Å². The quantitative estimate of drug-likeness (QED) is 0.631. The first-order valence-electron chi connectivity index (χ1n) is 2.15. The third-order valence-electron chi connectivity index (χ3n) is 0.795. The Morgan fingerprint density at radius 1 is 1.00 bits per heavy atom. The van der Waals surface area contributed by atoms with E-state index in [9.17, 15) is 9.13 Å². The van der Waals surface area contributed by atoms with Gasteiger partial charge >= 0.3 is 14.6 Å². The Morgan fingerprint density at radius 2 is 1.20 bits per heavy atom. The zero-order valence-electron chi connectivity index (χ0n) is 5.42. The Morgan fingerprint density at radius 3 is 1.30 bits per heavy atom. The lowest BCUT2D eigenvalue weighted by Gasteiger charge is -2.12. The summed E-state index contributed by atoms with van der Waals surface area (Å²) in [6.07, 6.45) is 0. The summed E-state index contributed by atoms with van der Waals surface area (Å²) in [6, 6.07) is 0. The summed E-state index contributed by atoms with van der Waals surface area (Å²) < 4.78 is 28.8. The van der Waals surface area contributed by atoms with Crippen LogP contribution in [0.2, 0.25) is 0 Å². The van der Waals surface area contributed by atoms with E-state index in [1.165, 1.54) is 0 Å². The van der Waals surface area contributed by atoms with Gasteiger partial charge in [0.1, 0.15) is 0 Å². The Labute approximate surface area is 57.7 Å². The Balaban J connectivity index is 4.64. The second-order valence-corrected chi connectivity index (χ2v) is 7.07. The molecule has 10 heavy (non-hydrogen) atoms. The molecule has 0 amide bonds. The van der Waals surface area contributed by atoms with Crippen molar-refractivity contribution in [1.29, 1.82) is 0 Å². The molecule has 2 atom stereocenters. The highest BCUT2D eigenvalue weighted by Gasteiger charge is 2.43. The lowest BCUT2D eigenvalue weighted by Crippen LogP contribution is -1.88. The molecule has 0 aromatic rings. The van der Waals surface area contributed by atoms with Crippen LogP contribution in [-0.4, -0.2) is 24.0 Å². The maximum atomic E-state index is 10.5. The Hall–Kier alpha value is 0.300. The molecule has 0 aliphatic rings. The highest BCUT2D eigenvalue weighted by molar-refractivity contribution is 8.26. The summed E-state index contributed by atoms with van der Waals surface area (Å²) in [4.78, 5) is 17.1. The zero-order valence-corrected chi connectivity index (χ0v) is 7.21. The van der Waals surface area contributed by atoms with Gasteiger partial charge in [0.25, 0.3) is 0 Å². The monoisotopic (exact) mass is 190 g/mol. The molecule has 0 aromatic carbocycles. The first-order valence-corrected chi connectivity index (χ1v) is 6.01. The normalized spacial score (nSPS) is 23.2. The van der Waals surface area contributed by atoms with Gasteiger partial charge in [-0.05, 0) is 0 Å². The van der Waals surface area contributed by atoms with Crippen LogP contribution in [0.4, 0.5) is 0 Å². The van der Waals surface area contributed by atoms with Gasteiger partial charge in [0, 0.05) is 14.2 Å². The molecule has 0 aliphatic heterocycles. The maximum absolute atomic E-state index is 10.5. The Bertz CT molecular complexity index is 176. The molecule has 0 saturated heterocycles. The summed E-state index contributed by atoms with van der Waals surface area (Å²) in [6.45, 7) is 0. The van der Waals surface area contributed by atoms with Crippen molar-refractivity contribution in [3.8, 4) is 0 Å². The summed E-state index contributed by atoms with van der Waals surface area (Å²) in [5.41, 5.74) is 0. The molecule has 2 unspecified atom stereocenters. The molecule has 6 nitrogen and oxygen atoms in total. The minimum absolute atomic E-state index is 0.850. The van der Waals surface area contributed by atoms with Gasteiger partial charge in [0.2, 0.25) is 0 Å². The lowest BCUT2D eigenvalue weighted by atomic mass is 11.8. The van der Waals surface area contributed by atoms with Crippen LogP contribution in [0.25, 0.3) is 0 Å². The lowest BCUT2D eigenvalue weighted by molar-refractivity contribution is 0.285. The van der Waals surface area contributed by atoms with E-state index in [4.69, 9.17) is 9.79 Å². The van der Waals surface area contributed by atoms with Crippen molar-refractivity contribution in [3.05, 3.63) is 0 Å². The summed E-state index contributed by atoms with van der Waals surface area (Å²) >= 11 is 0. The van der Waals surface area contributed by atoms with Gasteiger partial charge in [-0.15, -0.1) is 0 Å².